The second-order valence-corrected chi connectivity index (χ2v) is 2.83. The number of methoxy groups -OCH3 is 1. The largest absolute Gasteiger partial charge is 0.481 e. The average Bonchev–Trinajstić information content (AvgIpc) is 2.04. The molecule has 0 saturated carbocycles. The van der Waals surface area contributed by atoms with E-state index in [9.17, 15) is 0 Å². The molecule has 0 fully saturated rings. The van der Waals surface area contributed by atoms with Gasteiger partial charge in [-0.25, -0.2) is 4.98 Å². The first-order chi connectivity index (χ1) is 5.65. The van der Waals surface area contributed by atoms with Gasteiger partial charge in [0.05, 0.1) is 7.11 Å². The summed E-state index contributed by atoms with van der Waals surface area (Å²) in [4.78, 5) is 4.13. The molecule has 2 heteroatoms. The molecule has 1 aromatic rings. The van der Waals surface area contributed by atoms with Gasteiger partial charge in [-0.3, -0.25) is 0 Å². The second-order valence-electron chi connectivity index (χ2n) is 2.83. The van der Waals surface area contributed by atoms with Crippen molar-refractivity contribution in [3.63, 3.8) is 0 Å². The summed E-state index contributed by atoms with van der Waals surface area (Å²) >= 11 is 0. The molecule has 0 radical (unpaired) electrons. The van der Waals surface area contributed by atoms with Crippen molar-refractivity contribution in [2.24, 2.45) is 0 Å². The number of rotatable bonds is 2. The van der Waals surface area contributed by atoms with Crippen LogP contribution >= 0.6 is 0 Å². The van der Waals surface area contributed by atoms with Crippen LogP contribution in [0.4, 0.5) is 0 Å². The van der Waals surface area contributed by atoms with Crippen LogP contribution in [0.5, 0.6) is 5.88 Å². The minimum absolute atomic E-state index is 0.681. The van der Waals surface area contributed by atoms with Gasteiger partial charge in [-0.15, -0.1) is 0 Å². The maximum Gasteiger partial charge on any atom is 0.215 e. The molecule has 0 N–H and O–H groups in total. The molecule has 12 heavy (non-hydrogen) atoms. The van der Waals surface area contributed by atoms with E-state index in [1.165, 1.54) is 0 Å². The Kier molecular flexibility index (Phi) is 2.48. The van der Waals surface area contributed by atoms with E-state index in [2.05, 4.69) is 11.6 Å². The zero-order chi connectivity index (χ0) is 9.14. The Labute approximate surface area is 72.9 Å². The Bertz CT molecular complexity index is 305. The minimum atomic E-state index is 0.681. The summed E-state index contributed by atoms with van der Waals surface area (Å²) < 4.78 is 5.04. The van der Waals surface area contributed by atoms with E-state index in [4.69, 9.17) is 4.74 Å². The molecule has 0 aromatic carbocycles. The standard InChI is InChI=1S/C10H13NO/c1-7(2)9-5-8(3)10(12-4)11-6-9/h5-6H,1H2,2-4H3. The van der Waals surface area contributed by atoms with Crippen molar-refractivity contribution in [2.45, 2.75) is 13.8 Å². The zero-order valence-electron chi connectivity index (χ0n) is 7.72. The summed E-state index contributed by atoms with van der Waals surface area (Å²) in [6.45, 7) is 7.77. The number of aryl methyl sites for hydroxylation is 1. The maximum atomic E-state index is 5.04. The number of hydrogen-bond acceptors (Lipinski definition) is 2. The van der Waals surface area contributed by atoms with E-state index in [1.807, 2.05) is 19.9 Å². The highest BCUT2D eigenvalue weighted by atomic mass is 16.5. The van der Waals surface area contributed by atoms with Gasteiger partial charge in [0.2, 0.25) is 5.88 Å². The molecule has 0 amide bonds. The molecule has 0 aliphatic carbocycles. The number of ether oxygens (including phenoxy) is 1. The van der Waals surface area contributed by atoms with Crippen LogP contribution in [0.3, 0.4) is 0 Å². The smallest absolute Gasteiger partial charge is 0.215 e. The zero-order valence-corrected chi connectivity index (χ0v) is 7.72. The molecule has 0 bridgehead atoms. The molecule has 1 rings (SSSR count). The topological polar surface area (TPSA) is 22.1 Å². The first-order valence-corrected chi connectivity index (χ1v) is 3.81. The molecule has 0 aliphatic rings. The van der Waals surface area contributed by atoms with E-state index in [-0.39, 0.29) is 0 Å². The highest BCUT2D eigenvalue weighted by molar-refractivity contribution is 5.61. The van der Waals surface area contributed by atoms with Crippen LogP contribution in [0.15, 0.2) is 18.8 Å². The predicted molar refractivity (Wildman–Crippen MR) is 50.2 cm³/mol. The van der Waals surface area contributed by atoms with Gasteiger partial charge < -0.3 is 4.74 Å². The van der Waals surface area contributed by atoms with Gasteiger partial charge in [-0.2, -0.15) is 0 Å². The summed E-state index contributed by atoms with van der Waals surface area (Å²) in [6, 6.07) is 2.02. The van der Waals surface area contributed by atoms with Gasteiger partial charge >= 0.3 is 0 Å². The molecule has 0 atom stereocenters. The average molecular weight is 163 g/mol. The highest BCUT2D eigenvalue weighted by Crippen LogP contribution is 2.18. The van der Waals surface area contributed by atoms with Crippen LogP contribution in [0, 0.1) is 6.92 Å². The van der Waals surface area contributed by atoms with E-state index in [1.54, 1.807) is 13.3 Å². The fraction of sp³-hybridized carbons (Fsp3) is 0.300. The highest BCUT2D eigenvalue weighted by Gasteiger charge is 2.00. The van der Waals surface area contributed by atoms with E-state index < -0.39 is 0 Å². The number of aromatic nitrogens is 1. The summed E-state index contributed by atoms with van der Waals surface area (Å²) in [5.41, 5.74) is 3.12. The molecule has 1 heterocycles. The normalized spacial score (nSPS) is 9.58. The number of pyridine rings is 1. The Morgan fingerprint density at radius 1 is 1.58 bits per heavy atom. The van der Waals surface area contributed by atoms with Crippen LogP contribution in [0.1, 0.15) is 18.1 Å². The molecule has 0 unspecified atom stereocenters. The van der Waals surface area contributed by atoms with Crippen molar-refractivity contribution >= 4 is 5.57 Å². The van der Waals surface area contributed by atoms with Gasteiger partial charge in [0.1, 0.15) is 0 Å². The van der Waals surface area contributed by atoms with E-state index in [0.717, 1.165) is 16.7 Å². The molecular weight excluding hydrogens is 150 g/mol. The lowest BCUT2D eigenvalue weighted by Gasteiger charge is -2.05. The quantitative estimate of drug-likeness (QED) is 0.668. The third-order valence-electron chi connectivity index (χ3n) is 1.72. The number of allylic oxidation sites excluding steroid dienone is 1. The molecule has 64 valence electrons. The number of nitrogens with zero attached hydrogens (tertiary/aromatic N) is 1. The van der Waals surface area contributed by atoms with Crippen molar-refractivity contribution < 1.29 is 4.74 Å². The minimum Gasteiger partial charge on any atom is -0.481 e. The lowest BCUT2D eigenvalue weighted by molar-refractivity contribution is 0.394. The molecule has 0 aliphatic heterocycles. The first kappa shape index (κ1) is 8.78. The maximum absolute atomic E-state index is 5.04. The second kappa shape index (κ2) is 3.39. The third-order valence-corrected chi connectivity index (χ3v) is 1.72. The fourth-order valence-corrected chi connectivity index (χ4v) is 1.01. The Morgan fingerprint density at radius 2 is 2.25 bits per heavy atom. The van der Waals surface area contributed by atoms with Gasteiger partial charge in [-0.1, -0.05) is 6.58 Å². The van der Waals surface area contributed by atoms with E-state index in [0.29, 0.717) is 5.88 Å². The van der Waals surface area contributed by atoms with E-state index >= 15 is 0 Å². The Hall–Kier alpha value is -1.31. The first-order valence-electron chi connectivity index (χ1n) is 3.81. The lowest BCUT2D eigenvalue weighted by Crippen LogP contribution is -1.92. The van der Waals surface area contributed by atoms with Gasteiger partial charge in [-0.05, 0) is 31.1 Å². The van der Waals surface area contributed by atoms with Gasteiger partial charge in [0.25, 0.3) is 0 Å². The Morgan fingerprint density at radius 3 is 2.67 bits per heavy atom. The summed E-state index contributed by atoms with van der Waals surface area (Å²) in [5.74, 6) is 0.681. The van der Waals surface area contributed by atoms with Crippen molar-refractivity contribution in [2.75, 3.05) is 7.11 Å². The van der Waals surface area contributed by atoms with Gasteiger partial charge in [0, 0.05) is 11.8 Å². The molecule has 0 spiro atoms. The van der Waals surface area contributed by atoms with Crippen LogP contribution < -0.4 is 4.74 Å². The molecule has 0 saturated heterocycles. The SMILES string of the molecule is C=C(C)c1cnc(OC)c(C)c1. The predicted octanol–water partition coefficient (Wildman–Crippen LogP) is 2.43. The summed E-state index contributed by atoms with van der Waals surface area (Å²) in [6.07, 6.45) is 1.77. The van der Waals surface area contributed by atoms with Crippen LogP contribution in [-0.2, 0) is 0 Å². The van der Waals surface area contributed by atoms with Crippen LogP contribution in [0.2, 0.25) is 0 Å². The van der Waals surface area contributed by atoms with Crippen LogP contribution in [-0.4, -0.2) is 12.1 Å². The van der Waals surface area contributed by atoms with Crippen molar-refractivity contribution in [1.82, 2.24) is 4.98 Å². The monoisotopic (exact) mass is 163 g/mol. The molecular formula is C10H13NO. The van der Waals surface area contributed by atoms with Gasteiger partial charge in [0.15, 0.2) is 0 Å². The van der Waals surface area contributed by atoms with Crippen molar-refractivity contribution in [3.05, 3.63) is 30.0 Å². The lowest BCUT2D eigenvalue weighted by atomic mass is 10.1. The third kappa shape index (κ3) is 1.64. The number of hydrogen-bond donors (Lipinski definition) is 0. The van der Waals surface area contributed by atoms with Crippen molar-refractivity contribution in [1.29, 1.82) is 0 Å². The Balaban J connectivity index is 3.10. The molecule has 1 aromatic heterocycles. The molecule has 2 nitrogen and oxygen atoms in total. The van der Waals surface area contributed by atoms with Crippen LogP contribution in [0.25, 0.3) is 5.57 Å². The fourth-order valence-electron chi connectivity index (χ4n) is 1.01. The summed E-state index contributed by atoms with van der Waals surface area (Å²) in [5, 5.41) is 0. The van der Waals surface area contributed by atoms with Crippen molar-refractivity contribution in [3.8, 4) is 5.88 Å². The summed E-state index contributed by atoms with van der Waals surface area (Å²) in [7, 11) is 1.62.